The summed E-state index contributed by atoms with van der Waals surface area (Å²) in [6, 6.07) is 14.0. The maximum absolute atomic E-state index is 13.4. The molecule has 0 aliphatic carbocycles. The van der Waals surface area contributed by atoms with Crippen molar-refractivity contribution in [3.05, 3.63) is 84.1 Å². The average molecular weight is 435 g/mol. The highest BCUT2D eigenvalue weighted by Crippen LogP contribution is 2.26. The molecular formula is C26H31FN4O. The minimum Gasteiger partial charge on any atom is -0.357 e. The number of pyridine rings is 2. The van der Waals surface area contributed by atoms with Crippen molar-refractivity contribution in [2.75, 3.05) is 22.9 Å². The van der Waals surface area contributed by atoms with Crippen LogP contribution < -0.4 is 9.80 Å². The zero-order valence-corrected chi connectivity index (χ0v) is 19.3. The van der Waals surface area contributed by atoms with E-state index in [0.717, 1.165) is 30.9 Å². The minimum absolute atomic E-state index is 0.0279. The van der Waals surface area contributed by atoms with Gasteiger partial charge in [0.25, 0.3) is 0 Å². The molecule has 1 aromatic carbocycles. The van der Waals surface area contributed by atoms with Crippen LogP contribution in [-0.4, -0.2) is 29.0 Å². The van der Waals surface area contributed by atoms with Crippen LogP contribution in [0.15, 0.2) is 67.1 Å². The molecule has 0 saturated heterocycles. The van der Waals surface area contributed by atoms with Gasteiger partial charge in [-0.2, -0.15) is 0 Å². The first-order valence-corrected chi connectivity index (χ1v) is 10.9. The molecule has 5 nitrogen and oxygen atoms in total. The van der Waals surface area contributed by atoms with Gasteiger partial charge in [-0.15, -0.1) is 0 Å². The van der Waals surface area contributed by atoms with Gasteiger partial charge in [-0.3, -0.25) is 9.78 Å². The lowest BCUT2D eigenvalue weighted by molar-refractivity contribution is -0.125. The fraction of sp³-hybridized carbons (Fsp3) is 0.346. The molecule has 3 rings (SSSR count). The van der Waals surface area contributed by atoms with Crippen molar-refractivity contribution in [3.8, 4) is 0 Å². The van der Waals surface area contributed by atoms with E-state index in [1.54, 1.807) is 23.2 Å². The number of hydrogen-bond acceptors (Lipinski definition) is 4. The predicted octanol–water partition coefficient (Wildman–Crippen LogP) is 5.26. The Labute approximate surface area is 189 Å². The topological polar surface area (TPSA) is 49.3 Å². The second kappa shape index (κ2) is 10.4. The van der Waals surface area contributed by atoms with Gasteiger partial charge < -0.3 is 9.80 Å². The van der Waals surface area contributed by atoms with Crippen molar-refractivity contribution < 1.29 is 9.18 Å². The largest absolute Gasteiger partial charge is 0.357 e. The molecule has 2 aromatic heterocycles. The summed E-state index contributed by atoms with van der Waals surface area (Å²) in [4.78, 5) is 25.8. The lowest BCUT2D eigenvalue weighted by Crippen LogP contribution is -2.39. The Morgan fingerprint density at radius 3 is 2.31 bits per heavy atom. The fourth-order valence-electron chi connectivity index (χ4n) is 3.43. The van der Waals surface area contributed by atoms with Crippen LogP contribution in [0.2, 0.25) is 0 Å². The van der Waals surface area contributed by atoms with Crippen molar-refractivity contribution >= 4 is 17.4 Å². The Morgan fingerprint density at radius 2 is 1.75 bits per heavy atom. The molecule has 0 spiro atoms. The van der Waals surface area contributed by atoms with E-state index >= 15 is 0 Å². The number of amides is 1. The molecule has 168 valence electrons. The lowest BCUT2D eigenvalue weighted by atomic mass is 9.94. The normalized spacial score (nSPS) is 11.3. The molecule has 0 aliphatic heterocycles. The third-order valence-electron chi connectivity index (χ3n) is 5.27. The minimum atomic E-state index is -0.562. The number of aromatic nitrogens is 2. The van der Waals surface area contributed by atoms with E-state index < -0.39 is 5.41 Å². The standard InChI is InChI=1S/C26H31FN4O/c1-5-30(16-14-20-7-6-15-28-17-20)24-13-8-21(18-29-24)19-31(25(32)26(2,3)4)23-11-9-22(27)10-12-23/h6-13,15,17-18H,5,14,16,19H2,1-4H3. The molecule has 32 heavy (non-hydrogen) atoms. The Balaban J connectivity index is 1.74. The number of benzene rings is 1. The van der Waals surface area contributed by atoms with Gasteiger partial charge in [0, 0.05) is 42.8 Å². The number of likely N-dealkylation sites (N-methyl/N-ethyl adjacent to an activating group) is 1. The third-order valence-corrected chi connectivity index (χ3v) is 5.27. The smallest absolute Gasteiger partial charge is 0.232 e. The van der Waals surface area contributed by atoms with Crippen molar-refractivity contribution in [1.29, 1.82) is 0 Å². The Morgan fingerprint density at radius 1 is 1.00 bits per heavy atom. The Kier molecular flexibility index (Phi) is 7.57. The maximum Gasteiger partial charge on any atom is 0.232 e. The SMILES string of the molecule is CCN(CCc1cccnc1)c1ccc(CN(C(=O)C(C)(C)C)c2ccc(F)cc2)cn1. The van der Waals surface area contributed by atoms with Gasteiger partial charge in [0.15, 0.2) is 0 Å². The van der Waals surface area contributed by atoms with Gasteiger partial charge in [-0.1, -0.05) is 32.9 Å². The van der Waals surface area contributed by atoms with Gasteiger partial charge >= 0.3 is 0 Å². The molecule has 6 heteroatoms. The highest BCUT2D eigenvalue weighted by atomic mass is 19.1. The molecule has 0 unspecified atom stereocenters. The summed E-state index contributed by atoms with van der Waals surface area (Å²) >= 11 is 0. The number of carbonyl (C=O) groups is 1. The molecular weight excluding hydrogens is 403 g/mol. The van der Waals surface area contributed by atoms with Gasteiger partial charge in [-0.25, -0.2) is 9.37 Å². The summed E-state index contributed by atoms with van der Waals surface area (Å²) in [7, 11) is 0. The van der Waals surface area contributed by atoms with Crippen LogP contribution in [0.4, 0.5) is 15.9 Å². The highest BCUT2D eigenvalue weighted by Gasteiger charge is 2.28. The predicted molar refractivity (Wildman–Crippen MR) is 127 cm³/mol. The van der Waals surface area contributed by atoms with Crippen molar-refractivity contribution in [1.82, 2.24) is 9.97 Å². The first-order valence-electron chi connectivity index (χ1n) is 10.9. The molecule has 0 aliphatic rings. The lowest BCUT2D eigenvalue weighted by Gasteiger charge is -2.30. The second-order valence-electron chi connectivity index (χ2n) is 8.83. The highest BCUT2D eigenvalue weighted by molar-refractivity contribution is 5.96. The van der Waals surface area contributed by atoms with E-state index in [1.165, 1.54) is 17.7 Å². The number of anilines is 2. The number of rotatable bonds is 8. The summed E-state index contributed by atoms with van der Waals surface area (Å²) in [6.45, 7) is 9.82. The van der Waals surface area contributed by atoms with Gasteiger partial charge in [0.2, 0.25) is 5.91 Å². The average Bonchev–Trinajstić information content (AvgIpc) is 2.79. The van der Waals surface area contributed by atoms with E-state index in [9.17, 15) is 9.18 Å². The van der Waals surface area contributed by atoms with Crippen LogP contribution in [0.5, 0.6) is 0 Å². The van der Waals surface area contributed by atoms with E-state index in [-0.39, 0.29) is 11.7 Å². The summed E-state index contributed by atoms with van der Waals surface area (Å²) in [5.41, 5.74) is 2.21. The summed E-state index contributed by atoms with van der Waals surface area (Å²) in [5, 5.41) is 0. The molecule has 3 aromatic rings. The quantitative estimate of drug-likeness (QED) is 0.485. The van der Waals surface area contributed by atoms with Crippen LogP contribution in [0, 0.1) is 11.2 Å². The van der Waals surface area contributed by atoms with Gasteiger partial charge in [-0.05, 0) is 60.9 Å². The van der Waals surface area contributed by atoms with Crippen LogP contribution in [0.3, 0.4) is 0 Å². The van der Waals surface area contributed by atoms with Gasteiger partial charge in [0.05, 0.1) is 6.54 Å². The number of halogens is 1. The van der Waals surface area contributed by atoms with Gasteiger partial charge in [0.1, 0.15) is 11.6 Å². The molecule has 1 amide bonds. The fourth-order valence-corrected chi connectivity index (χ4v) is 3.43. The molecule has 0 N–H and O–H groups in total. The van der Waals surface area contributed by atoms with Crippen LogP contribution >= 0.6 is 0 Å². The first-order chi connectivity index (χ1) is 15.3. The monoisotopic (exact) mass is 434 g/mol. The van der Waals surface area contributed by atoms with Crippen molar-refractivity contribution in [2.24, 2.45) is 5.41 Å². The Bertz CT molecular complexity index is 999. The van der Waals surface area contributed by atoms with Crippen LogP contribution in [0.25, 0.3) is 0 Å². The summed E-state index contributed by atoms with van der Waals surface area (Å²) < 4.78 is 13.4. The molecule has 2 heterocycles. The van der Waals surface area contributed by atoms with E-state index in [1.807, 2.05) is 51.4 Å². The van der Waals surface area contributed by atoms with E-state index in [0.29, 0.717) is 12.2 Å². The number of carbonyl (C=O) groups excluding carboxylic acids is 1. The molecule has 0 saturated carbocycles. The Hall–Kier alpha value is -3.28. The maximum atomic E-state index is 13.4. The van der Waals surface area contributed by atoms with E-state index in [4.69, 9.17) is 0 Å². The summed E-state index contributed by atoms with van der Waals surface area (Å²) in [6.07, 6.45) is 6.37. The molecule has 0 fully saturated rings. The van der Waals surface area contributed by atoms with E-state index in [2.05, 4.69) is 27.9 Å². The first kappa shape index (κ1) is 23.4. The molecule has 0 bridgehead atoms. The number of hydrogen-bond donors (Lipinski definition) is 0. The zero-order chi connectivity index (χ0) is 23.1. The zero-order valence-electron chi connectivity index (χ0n) is 19.3. The molecule has 0 atom stereocenters. The van der Waals surface area contributed by atoms with Crippen molar-refractivity contribution in [3.63, 3.8) is 0 Å². The second-order valence-corrected chi connectivity index (χ2v) is 8.83. The molecule has 0 radical (unpaired) electrons. The van der Waals surface area contributed by atoms with Crippen LogP contribution in [0.1, 0.15) is 38.8 Å². The third kappa shape index (κ3) is 6.13. The summed E-state index contributed by atoms with van der Waals surface area (Å²) in [5.74, 6) is 0.546. The van der Waals surface area contributed by atoms with Crippen LogP contribution in [-0.2, 0) is 17.8 Å². The number of nitrogens with zero attached hydrogens (tertiary/aromatic N) is 4. The van der Waals surface area contributed by atoms with Crippen molar-refractivity contribution in [2.45, 2.75) is 40.7 Å².